The van der Waals surface area contributed by atoms with Crippen LogP contribution in [-0.4, -0.2) is 23.1 Å². The number of nitrogens with zero attached hydrogens (tertiary/aromatic N) is 2. The van der Waals surface area contributed by atoms with Gasteiger partial charge in [-0.05, 0) is 37.9 Å². The molecule has 0 aliphatic carbocycles. The zero-order valence-corrected chi connectivity index (χ0v) is 8.24. The lowest BCUT2D eigenvalue weighted by atomic mass is 9.96. The molecule has 4 heteroatoms. The number of anilines is 1. The molecule has 1 atom stereocenters. The largest absolute Gasteiger partial charge is 0.384 e. The van der Waals surface area contributed by atoms with Gasteiger partial charge in [0.1, 0.15) is 11.6 Å². The Morgan fingerprint density at radius 3 is 3.21 bits per heavy atom. The molecule has 3 N–H and O–H groups in total. The van der Waals surface area contributed by atoms with Crippen LogP contribution in [0.25, 0.3) is 0 Å². The number of hydrogen-bond donors (Lipinski definition) is 2. The second kappa shape index (κ2) is 4.37. The Kier molecular flexibility index (Phi) is 2.93. The van der Waals surface area contributed by atoms with E-state index in [2.05, 4.69) is 15.3 Å². The van der Waals surface area contributed by atoms with Crippen LogP contribution in [0.5, 0.6) is 0 Å². The molecule has 14 heavy (non-hydrogen) atoms. The lowest BCUT2D eigenvalue weighted by Crippen LogP contribution is -2.31. The summed E-state index contributed by atoms with van der Waals surface area (Å²) in [6, 6.07) is 1.72. The molecule has 0 bridgehead atoms. The maximum Gasteiger partial charge on any atom is 0.130 e. The fourth-order valence-corrected chi connectivity index (χ4v) is 1.87. The van der Waals surface area contributed by atoms with E-state index in [1.807, 2.05) is 0 Å². The van der Waals surface area contributed by atoms with Crippen LogP contribution in [0.2, 0.25) is 0 Å². The maximum atomic E-state index is 5.60. The second-order valence-electron chi connectivity index (χ2n) is 3.81. The van der Waals surface area contributed by atoms with Crippen LogP contribution in [-0.2, 0) is 6.42 Å². The summed E-state index contributed by atoms with van der Waals surface area (Å²) in [6.45, 7) is 2.23. The Hall–Kier alpha value is -1.16. The van der Waals surface area contributed by atoms with Gasteiger partial charge in [-0.2, -0.15) is 0 Å². The molecule has 1 aromatic rings. The van der Waals surface area contributed by atoms with Gasteiger partial charge in [0.25, 0.3) is 0 Å². The monoisotopic (exact) mass is 192 g/mol. The molecule has 0 aromatic carbocycles. The summed E-state index contributed by atoms with van der Waals surface area (Å²) in [4.78, 5) is 8.42. The van der Waals surface area contributed by atoms with Gasteiger partial charge in [0.05, 0.1) is 0 Å². The van der Waals surface area contributed by atoms with E-state index in [0.717, 1.165) is 25.3 Å². The van der Waals surface area contributed by atoms with E-state index in [0.29, 0.717) is 11.7 Å². The molecule has 1 aromatic heterocycles. The number of rotatable bonds is 2. The van der Waals surface area contributed by atoms with Crippen LogP contribution >= 0.6 is 0 Å². The van der Waals surface area contributed by atoms with Gasteiger partial charge in [0.2, 0.25) is 0 Å². The van der Waals surface area contributed by atoms with E-state index in [-0.39, 0.29) is 0 Å². The van der Waals surface area contributed by atoms with Crippen molar-refractivity contribution in [1.82, 2.24) is 15.3 Å². The lowest BCUT2D eigenvalue weighted by Gasteiger charge is -2.21. The predicted molar refractivity (Wildman–Crippen MR) is 55.7 cm³/mol. The van der Waals surface area contributed by atoms with Crippen LogP contribution in [0.4, 0.5) is 5.82 Å². The fraction of sp³-hybridized carbons (Fsp3) is 0.600. The van der Waals surface area contributed by atoms with Gasteiger partial charge in [-0.25, -0.2) is 9.97 Å². The van der Waals surface area contributed by atoms with Gasteiger partial charge in [0, 0.05) is 12.6 Å². The molecule has 2 rings (SSSR count). The molecule has 0 saturated carbocycles. The molecule has 1 saturated heterocycles. The number of hydrogen-bond acceptors (Lipinski definition) is 4. The highest BCUT2D eigenvalue weighted by atomic mass is 14.9. The lowest BCUT2D eigenvalue weighted by molar-refractivity contribution is 0.371. The molecule has 76 valence electrons. The van der Waals surface area contributed by atoms with Gasteiger partial charge < -0.3 is 11.1 Å². The first kappa shape index (κ1) is 9.40. The average Bonchev–Trinajstić information content (AvgIpc) is 2.19. The van der Waals surface area contributed by atoms with Gasteiger partial charge in [0.15, 0.2) is 0 Å². The molecule has 0 amide bonds. The quantitative estimate of drug-likeness (QED) is 0.720. The summed E-state index contributed by atoms with van der Waals surface area (Å²) in [5.41, 5.74) is 5.60. The highest BCUT2D eigenvalue weighted by molar-refractivity contribution is 5.25. The molecule has 1 aliphatic rings. The van der Waals surface area contributed by atoms with Crippen molar-refractivity contribution in [2.24, 2.45) is 5.92 Å². The third kappa shape index (κ3) is 2.42. The van der Waals surface area contributed by atoms with E-state index in [9.17, 15) is 0 Å². The molecular weight excluding hydrogens is 176 g/mol. The standard InChI is InChI=1S/C10H16N4/c11-9-3-5-13-10(14-9)6-8-2-1-4-12-7-8/h3,5,8,12H,1-2,4,6-7H2,(H2,11,13,14). The van der Waals surface area contributed by atoms with Gasteiger partial charge in [-0.1, -0.05) is 0 Å². The molecule has 0 spiro atoms. The van der Waals surface area contributed by atoms with E-state index < -0.39 is 0 Å². The van der Waals surface area contributed by atoms with E-state index >= 15 is 0 Å². The van der Waals surface area contributed by atoms with Crippen LogP contribution in [0.3, 0.4) is 0 Å². The number of piperidine rings is 1. The Morgan fingerprint density at radius 2 is 2.50 bits per heavy atom. The van der Waals surface area contributed by atoms with Crippen molar-refractivity contribution in [3.05, 3.63) is 18.1 Å². The molecular formula is C10H16N4. The van der Waals surface area contributed by atoms with E-state index in [1.54, 1.807) is 12.3 Å². The third-order valence-electron chi connectivity index (χ3n) is 2.60. The average molecular weight is 192 g/mol. The Bertz CT molecular complexity index is 294. The van der Waals surface area contributed by atoms with Crippen molar-refractivity contribution < 1.29 is 0 Å². The van der Waals surface area contributed by atoms with Crippen molar-refractivity contribution in [1.29, 1.82) is 0 Å². The molecule has 1 unspecified atom stereocenters. The Morgan fingerprint density at radius 1 is 1.57 bits per heavy atom. The van der Waals surface area contributed by atoms with Crippen LogP contribution in [0.1, 0.15) is 18.7 Å². The van der Waals surface area contributed by atoms with E-state index in [1.165, 1.54) is 12.8 Å². The Balaban J connectivity index is 1.95. The van der Waals surface area contributed by atoms with Gasteiger partial charge in [-0.15, -0.1) is 0 Å². The minimum absolute atomic E-state index is 0.568. The molecule has 1 aliphatic heterocycles. The van der Waals surface area contributed by atoms with Gasteiger partial charge in [-0.3, -0.25) is 0 Å². The minimum atomic E-state index is 0.568. The number of aromatic nitrogens is 2. The first-order valence-electron chi connectivity index (χ1n) is 5.13. The van der Waals surface area contributed by atoms with Crippen molar-refractivity contribution in [2.45, 2.75) is 19.3 Å². The minimum Gasteiger partial charge on any atom is -0.384 e. The highest BCUT2D eigenvalue weighted by Gasteiger charge is 2.14. The summed E-state index contributed by atoms with van der Waals surface area (Å²) >= 11 is 0. The summed E-state index contributed by atoms with van der Waals surface area (Å²) < 4.78 is 0. The van der Waals surface area contributed by atoms with Crippen LogP contribution < -0.4 is 11.1 Å². The molecule has 1 fully saturated rings. The van der Waals surface area contributed by atoms with Crippen LogP contribution in [0.15, 0.2) is 12.3 Å². The summed E-state index contributed by atoms with van der Waals surface area (Å²) in [7, 11) is 0. The number of nitrogens with two attached hydrogens (primary N) is 1. The summed E-state index contributed by atoms with van der Waals surface area (Å²) in [6.07, 6.45) is 5.20. The smallest absolute Gasteiger partial charge is 0.130 e. The molecule has 2 heterocycles. The fourth-order valence-electron chi connectivity index (χ4n) is 1.87. The summed E-state index contributed by atoms with van der Waals surface area (Å²) in [5.74, 6) is 2.11. The molecule has 4 nitrogen and oxygen atoms in total. The SMILES string of the molecule is Nc1ccnc(CC2CCCNC2)n1. The zero-order valence-electron chi connectivity index (χ0n) is 8.24. The van der Waals surface area contributed by atoms with Crippen molar-refractivity contribution in [3.8, 4) is 0 Å². The third-order valence-corrected chi connectivity index (χ3v) is 2.60. The number of nitrogens with one attached hydrogen (secondary N) is 1. The molecule has 0 radical (unpaired) electrons. The van der Waals surface area contributed by atoms with Crippen molar-refractivity contribution in [3.63, 3.8) is 0 Å². The highest BCUT2D eigenvalue weighted by Crippen LogP contribution is 2.14. The summed E-state index contributed by atoms with van der Waals surface area (Å²) in [5, 5.41) is 3.38. The second-order valence-corrected chi connectivity index (χ2v) is 3.81. The van der Waals surface area contributed by atoms with Crippen LogP contribution in [0, 0.1) is 5.92 Å². The van der Waals surface area contributed by atoms with E-state index in [4.69, 9.17) is 5.73 Å². The van der Waals surface area contributed by atoms with Crippen molar-refractivity contribution in [2.75, 3.05) is 18.8 Å². The number of nitrogen functional groups attached to an aromatic ring is 1. The maximum absolute atomic E-state index is 5.60. The first-order valence-corrected chi connectivity index (χ1v) is 5.13. The topological polar surface area (TPSA) is 63.8 Å². The Labute approximate surface area is 83.9 Å². The zero-order chi connectivity index (χ0) is 9.80. The normalized spacial score (nSPS) is 22.1. The predicted octanol–water partition coefficient (Wildman–Crippen LogP) is 0.601. The van der Waals surface area contributed by atoms with Crippen molar-refractivity contribution >= 4 is 5.82 Å². The first-order chi connectivity index (χ1) is 6.84. The van der Waals surface area contributed by atoms with Gasteiger partial charge >= 0.3 is 0 Å².